The van der Waals surface area contributed by atoms with Gasteiger partial charge < -0.3 is 10.2 Å². The van der Waals surface area contributed by atoms with Crippen molar-refractivity contribution in [2.45, 2.75) is 38.1 Å². The van der Waals surface area contributed by atoms with Crippen LogP contribution in [0, 0.1) is 5.82 Å². The third-order valence-electron chi connectivity index (χ3n) is 4.32. The fraction of sp³-hybridized carbons (Fsp3) is 0.368. The van der Waals surface area contributed by atoms with E-state index in [4.69, 9.17) is 5.11 Å². The highest BCUT2D eigenvalue weighted by molar-refractivity contribution is 5.23. The zero-order chi connectivity index (χ0) is 16.2. The highest BCUT2D eigenvalue weighted by Crippen LogP contribution is 2.30. The van der Waals surface area contributed by atoms with Crippen LogP contribution >= 0.6 is 0 Å². The van der Waals surface area contributed by atoms with Crippen LogP contribution in [0.15, 0.2) is 48.5 Å². The predicted octanol–water partition coefficient (Wildman–Crippen LogP) is 3.02. The zero-order valence-electron chi connectivity index (χ0n) is 13.0. The molecule has 1 aliphatic carbocycles. The lowest BCUT2D eigenvalue weighted by Gasteiger charge is -2.25. The van der Waals surface area contributed by atoms with Gasteiger partial charge >= 0.3 is 0 Å². The zero-order valence-corrected chi connectivity index (χ0v) is 13.0. The van der Waals surface area contributed by atoms with Gasteiger partial charge in [-0.2, -0.15) is 0 Å². The highest BCUT2D eigenvalue weighted by atomic mass is 19.1. The van der Waals surface area contributed by atoms with Crippen molar-refractivity contribution in [2.75, 3.05) is 6.54 Å². The van der Waals surface area contributed by atoms with Crippen LogP contribution in [-0.4, -0.2) is 27.7 Å². The predicted molar refractivity (Wildman–Crippen MR) is 87.2 cm³/mol. The molecule has 1 saturated carbocycles. The van der Waals surface area contributed by atoms with Gasteiger partial charge in [0.15, 0.2) is 0 Å². The molecule has 0 saturated heterocycles. The summed E-state index contributed by atoms with van der Waals surface area (Å²) in [5.74, 6) is -0.288. The molecular formula is C19H22FNO2. The first-order valence-corrected chi connectivity index (χ1v) is 8.02. The van der Waals surface area contributed by atoms with Gasteiger partial charge in [0.2, 0.25) is 0 Å². The van der Waals surface area contributed by atoms with E-state index >= 15 is 0 Å². The van der Waals surface area contributed by atoms with E-state index < -0.39 is 6.10 Å². The number of aliphatic hydroxyl groups is 2. The summed E-state index contributed by atoms with van der Waals surface area (Å²) in [4.78, 5) is 2.28. The molecule has 122 valence electrons. The van der Waals surface area contributed by atoms with Crippen LogP contribution < -0.4 is 0 Å². The first kappa shape index (κ1) is 16.1. The Bertz CT molecular complexity index is 623. The Kier molecular flexibility index (Phi) is 5.06. The molecule has 2 N–H and O–H groups in total. The van der Waals surface area contributed by atoms with Crippen molar-refractivity contribution in [3.63, 3.8) is 0 Å². The fourth-order valence-electron chi connectivity index (χ4n) is 2.78. The molecule has 3 rings (SSSR count). The number of benzene rings is 2. The van der Waals surface area contributed by atoms with Crippen LogP contribution in [0.1, 0.15) is 35.6 Å². The molecule has 3 nitrogen and oxygen atoms in total. The van der Waals surface area contributed by atoms with Crippen LogP contribution in [0.4, 0.5) is 4.39 Å². The summed E-state index contributed by atoms with van der Waals surface area (Å²) in [7, 11) is 0. The maximum Gasteiger partial charge on any atom is 0.123 e. The summed E-state index contributed by atoms with van der Waals surface area (Å²) in [5.41, 5.74) is 2.81. The lowest BCUT2D eigenvalue weighted by atomic mass is 10.1. The van der Waals surface area contributed by atoms with E-state index in [0.29, 0.717) is 12.6 Å². The summed E-state index contributed by atoms with van der Waals surface area (Å²) >= 11 is 0. The van der Waals surface area contributed by atoms with Gasteiger partial charge in [-0.05, 0) is 41.7 Å². The van der Waals surface area contributed by atoms with Crippen molar-refractivity contribution < 1.29 is 14.6 Å². The van der Waals surface area contributed by atoms with Crippen LogP contribution in [0.3, 0.4) is 0 Å². The van der Waals surface area contributed by atoms with E-state index in [1.807, 2.05) is 24.3 Å². The highest BCUT2D eigenvalue weighted by Gasteiger charge is 2.30. The number of aliphatic hydroxyl groups excluding tert-OH is 2. The lowest BCUT2D eigenvalue weighted by Crippen LogP contribution is -2.30. The quantitative estimate of drug-likeness (QED) is 0.825. The van der Waals surface area contributed by atoms with Crippen molar-refractivity contribution in [1.82, 2.24) is 4.90 Å². The van der Waals surface area contributed by atoms with Gasteiger partial charge in [0.25, 0.3) is 0 Å². The van der Waals surface area contributed by atoms with Crippen LogP contribution in [0.25, 0.3) is 0 Å². The Morgan fingerprint density at radius 3 is 2.17 bits per heavy atom. The van der Waals surface area contributed by atoms with Gasteiger partial charge in [-0.1, -0.05) is 36.4 Å². The number of halogens is 1. The Hall–Kier alpha value is -1.75. The van der Waals surface area contributed by atoms with Gasteiger partial charge in [-0.25, -0.2) is 4.39 Å². The average Bonchev–Trinajstić information content (AvgIpc) is 3.40. The summed E-state index contributed by atoms with van der Waals surface area (Å²) in [6, 6.07) is 14.5. The Morgan fingerprint density at radius 1 is 1.00 bits per heavy atom. The second kappa shape index (κ2) is 7.21. The second-order valence-electron chi connectivity index (χ2n) is 6.20. The van der Waals surface area contributed by atoms with Gasteiger partial charge in [-0.3, -0.25) is 4.90 Å². The summed E-state index contributed by atoms with van der Waals surface area (Å²) < 4.78 is 13.0. The van der Waals surface area contributed by atoms with Crippen molar-refractivity contribution in [3.8, 4) is 0 Å². The molecule has 1 aliphatic rings. The van der Waals surface area contributed by atoms with E-state index in [1.54, 1.807) is 12.1 Å². The number of hydrogen-bond acceptors (Lipinski definition) is 3. The molecule has 4 heteroatoms. The van der Waals surface area contributed by atoms with E-state index in [-0.39, 0.29) is 12.4 Å². The van der Waals surface area contributed by atoms with Gasteiger partial charge in [0, 0.05) is 19.1 Å². The maximum atomic E-state index is 13.0. The first-order valence-electron chi connectivity index (χ1n) is 8.02. The largest absolute Gasteiger partial charge is 0.392 e. The number of nitrogens with zero attached hydrogens (tertiary/aromatic N) is 1. The Labute approximate surface area is 136 Å². The molecule has 0 heterocycles. The maximum absolute atomic E-state index is 13.0. The molecule has 0 aliphatic heterocycles. The van der Waals surface area contributed by atoms with Gasteiger partial charge in [-0.15, -0.1) is 0 Å². The van der Waals surface area contributed by atoms with Crippen LogP contribution in [0.5, 0.6) is 0 Å². The minimum absolute atomic E-state index is 0.0515. The summed E-state index contributed by atoms with van der Waals surface area (Å²) in [5, 5.41) is 19.5. The van der Waals surface area contributed by atoms with Crippen LogP contribution in [-0.2, 0) is 13.2 Å². The molecule has 0 aromatic heterocycles. The van der Waals surface area contributed by atoms with Crippen molar-refractivity contribution in [3.05, 3.63) is 71.0 Å². The van der Waals surface area contributed by atoms with E-state index in [9.17, 15) is 9.50 Å². The Morgan fingerprint density at radius 2 is 1.61 bits per heavy atom. The van der Waals surface area contributed by atoms with Crippen molar-refractivity contribution in [1.29, 1.82) is 0 Å². The molecule has 1 atom stereocenters. The third-order valence-corrected chi connectivity index (χ3v) is 4.32. The average molecular weight is 315 g/mol. The van der Waals surface area contributed by atoms with Gasteiger partial charge in [0.1, 0.15) is 5.82 Å². The lowest BCUT2D eigenvalue weighted by molar-refractivity contribution is 0.104. The SMILES string of the molecule is OCc1ccc(CN(CC(O)c2ccc(F)cc2)C2CC2)cc1. The summed E-state index contributed by atoms with van der Waals surface area (Å²) in [6.07, 6.45) is 1.70. The van der Waals surface area contributed by atoms with E-state index in [2.05, 4.69) is 4.90 Å². The summed E-state index contributed by atoms with van der Waals surface area (Å²) in [6.45, 7) is 1.36. The Balaban J connectivity index is 1.65. The molecule has 1 fully saturated rings. The molecule has 0 bridgehead atoms. The van der Waals surface area contributed by atoms with Crippen molar-refractivity contribution in [2.24, 2.45) is 0 Å². The number of rotatable bonds is 7. The van der Waals surface area contributed by atoms with Crippen molar-refractivity contribution >= 4 is 0 Å². The van der Waals surface area contributed by atoms with Crippen LogP contribution in [0.2, 0.25) is 0 Å². The standard InChI is InChI=1S/C19H22FNO2/c20-17-7-5-16(6-8-17)19(23)12-21(18-9-10-18)11-14-1-3-15(13-22)4-2-14/h1-8,18-19,22-23H,9-13H2. The van der Waals surface area contributed by atoms with E-state index in [1.165, 1.54) is 17.7 Å². The molecule has 2 aromatic carbocycles. The first-order chi connectivity index (χ1) is 11.2. The van der Waals surface area contributed by atoms with E-state index in [0.717, 1.165) is 30.5 Å². The molecular weight excluding hydrogens is 293 g/mol. The minimum atomic E-state index is -0.618. The molecule has 23 heavy (non-hydrogen) atoms. The monoisotopic (exact) mass is 315 g/mol. The smallest absolute Gasteiger partial charge is 0.123 e. The molecule has 0 radical (unpaired) electrons. The number of hydrogen-bond donors (Lipinski definition) is 2. The molecule has 1 unspecified atom stereocenters. The second-order valence-corrected chi connectivity index (χ2v) is 6.20. The normalized spacial score (nSPS) is 15.8. The molecule has 0 amide bonds. The van der Waals surface area contributed by atoms with Gasteiger partial charge in [0.05, 0.1) is 12.7 Å². The minimum Gasteiger partial charge on any atom is -0.392 e. The third kappa shape index (κ3) is 4.38. The topological polar surface area (TPSA) is 43.7 Å². The molecule has 0 spiro atoms. The molecule has 2 aromatic rings. The fourth-order valence-corrected chi connectivity index (χ4v) is 2.78.